The Morgan fingerprint density at radius 1 is 1.11 bits per heavy atom. The Bertz CT molecular complexity index is 1360. The Balaban J connectivity index is 1.60. The molecule has 1 saturated carbocycles. The smallest absolute Gasteiger partial charge is 0.393 e. The number of carbonyl (C=O) groups is 2. The molecule has 2 N–H and O–H groups in total. The highest BCUT2D eigenvalue weighted by molar-refractivity contribution is 7.90. The normalized spacial score (nSPS) is 22.6. The second-order valence-corrected chi connectivity index (χ2v) is 11.7. The summed E-state index contributed by atoms with van der Waals surface area (Å²) in [5, 5.41) is 12.3. The van der Waals surface area contributed by atoms with Gasteiger partial charge in [0.15, 0.2) is 9.84 Å². The van der Waals surface area contributed by atoms with E-state index in [-0.39, 0.29) is 42.3 Å². The maximum Gasteiger partial charge on any atom is 0.419 e. The Hall–Kier alpha value is -3.06. The molecular weight excluding hydrogens is 535 g/mol. The van der Waals surface area contributed by atoms with Crippen LogP contribution >= 0.6 is 0 Å². The van der Waals surface area contributed by atoms with Crippen LogP contribution in [0.25, 0.3) is 0 Å². The Labute approximate surface area is 215 Å². The Morgan fingerprint density at radius 2 is 1.79 bits per heavy atom. The van der Waals surface area contributed by atoms with Crippen molar-refractivity contribution in [2.75, 3.05) is 12.8 Å². The van der Waals surface area contributed by atoms with Gasteiger partial charge >= 0.3 is 6.18 Å². The van der Waals surface area contributed by atoms with Gasteiger partial charge in [-0.25, -0.2) is 17.2 Å². The van der Waals surface area contributed by atoms with Crippen LogP contribution in [0.2, 0.25) is 0 Å². The highest BCUT2D eigenvalue weighted by Gasteiger charge is 2.42. The first-order chi connectivity index (χ1) is 17.7. The quantitative estimate of drug-likeness (QED) is 0.526. The van der Waals surface area contributed by atoms with Crippen molar-refractivity contribution < 1.29 is 45.1 Å². The van der Waals surface area contributed by atoms with Crippen LogP contribution in [0, 0.1) is 17.6 Å². The lowest BCUT2D eigenvalue weighted by molar-refractivity contribution is -0.140. The molecule has 0 radical (unpaired) electrons. The zero-order valence-corrected chi connectivity index (χ0v) is 21.0. The number of hydrogen-bond donors (Lipinski definition) is 2. The predicted octanol–water partition coefficient (Wildman–Crippen LogP) is 3.62. The molecule has 2 atom stereocenters. The van der Waals surface area contributed by atoms with Gasteiger partial charge in [0.2, 0.25) is 5.91 Å². The van der Waals surface area contributed by atoms with Gasteiger partial charge in [-0.05, 0) is 61.9 Å². The van der Waals surface area contributed by atoms with Crippen LogP contribution in [0.4, 0.5) is 22.0 Å². The van der Waals surface area contributed by atoms with Crippen LogP contribution in [0.1, 0.15) is 53.2 Å². The summed E-state index contributed by atoms with van der Waals surface area (Å²) in [6, 6.07) is 3.51. The fourth-order valence-electron chi connectivity index (χ4n) is 4.93. The molecule has 1 saturated heterocycles. The van der Waals surface area contributed by atoms with Crippen molar-refractivity contribution in [2.45, 2.75) is 54.9 Å². The molecule has 1 aliphatic heterocycles. The van der Waals surface area contributed by atoms with Gasteiger partial charge in [0.25, 0.3) is 5.91 Å². The maximum atomic E-state index is 14.8. The molecule has 1 aliphatic carbocycles. The zero-order chi connectivity index (χ0) is 28.0. The van der Waals surface area contributed by atoms with Crippen LogP contribution < -0.4 is 5.32 Å². The van der Waals surface area contributed by atoms with Gasteiger partial charge in [-0.15, -0.1) is 0 Å². The van der Waals surface area contributed by atoms with E-state index in [1.54, 1.807) is 0 Å². The van der Waals surface area contributed by atoms with Crippen LogP contribution in [0.3, 0.4) is 0 Å². The Kier molecular flexibility index (Phi) is 7.54. The number of hydrogen-bond acceptors (Lipinski definition) is 5. The third-order valence-corrected chi connectivity index (χ3v) is 8.08. The van der Waals surface area contributed by atoms with E-state index in [2.05, 4.69) is 5.32 Å². The van der Waals surface area contributed by atoms with Gasteiger partial charge in [0.1, 0.15) is 17.7 Å². The Morgan fingerprint density at radius 3 is 2.39 bits per heavy atom. The SMILES string of the molecule is CS(=O)(=O)c1cccc(C(=O)N2CCC[C@@H]2C(=O)N[C@@H](c2cc(F)c(C(F)(F)F)cc2F)[C@H]2C[C@H](O)C2)c1. The topological polar surface area (TPSA) is 104 Å². The van der Waals surface area contributed by atoms with Crippen molar-refractivity contribution in [2.24, 2.45) is 5.92 Å². The number of aliphatic hydroxyl groups is 1. The van der Waals surface area contributed by atoms with Crippen LogP contribution in [-0.2, 0) is 20.8 Å². The molecule has 2 aliphatic rings. The van der Waals surface area contributed by atoms with Crippen LogP contribution in [-0.4, -0.2) is 55.2 Å². The van der Waals surface area contributed by atoms with Crippen LogP contribution in [0.15, 0.2) is 41.3 Å². The van der Waals surface area contributed by atoms with E-state index in [1.165, 1.54) is 29.2 Å². The fraction of sp³-hybridized carbons (Fsp3) is 0.440. The third-order valence-electron chi connectivity index (χ3n) is 6.97. The molecule has 4 rings (SSSR count). The summed E-state index contributed by atoms with van der Waals surface area (Å²) >= 11 is 0. The maximum absolute atomic E-state index is 14.8. The van der Waals surface area contributed by atoms with Crippen molar-refractivity contribution in [3.63, 3.8) is 0 Å². The molecule has 0 bridgehead atoms. The zero-order valence-electron chi connectivity index (χ0n) is 20.1. The molecule has 1 heterocycles. The summed E-state index contributed by atoms with van der Waals surface area (Å²) in [6.07, 6.45) is -4.00. The van der Waals surface area contributed by atoms with E-state index in [0.717, 1.165) is 6.26 Å². The molecule has 0 spiro atoms. The monoisotopic (exact) mass is 560 g/mol. The lowest BCUT2D eigenvalue weighted by atomic mass is 9.74. The fourth-order valence-corrected chi connectivity index (χ4v) is 5.59. The van der Waals surface area contributed by atoms with E-state index in [1.807, 2.05) is 0 Å². The molecule has 7 nitrogen and oxygen atoms in total. The third kappa shape index (κ3) is 5.68. The number of halogens is 5. The van der Waals surface area contributed by atoms with Crippen molar-refractivity contribution >= 4 is 21.7 Å². The first-order valence-electron chi connectivity index (χ1n) is 11.8. The molecule has 2 fully saturated rings. The number of nitrogens with one attached hydrogen (secondary N) is 1. The van der Waals surface area contributed by atoms with Crippen molar-refractivity contribution in [1.29, 1.82) is 0 Å². The number of likely N-dealkylation sites (tertiary alicyclic amines) is 1. The summed E-state index contributed by atoms with van der Waals surface area (Å²) in [5.41, 5.74) is -2.22. The number of benzene rings is 2. The molecule has 0 aromatic heterocycles. The molecular formula is C25H25F5N2O5S. The number of nitrogens with zero attached hydrogens (tertiary/aromatic N) is 1. The second-order valence-electron chi connectivity index (χ2n) is 9.68. The summed E-state index contributed by atoms with van der Waals surface area (Å²) in [7, 11) is -3.60. The number of rotatable bonds is 6. The molecule has 0 unspecified atom stereocenters. The van der Waals surface area contributed by atoms with Crippen molar-refractivity contribution in [3.05, 3.63) is 64.7 Å². The molecule has 2 amide bonds. The molecule has 13 heteroatoms. The molecule has 206 valence electrons. The first-order valence-corrected chi connectivity index (χ1v) is 13.7. The minimum absolute atomic E-state index is 0.0408. The second kappa shape index (κ2) is 10.3. The predicted molar refractivity (Wildman–Crippen MR) is 125 cm³/mol. The number of sulfone groups is 1. The van der Waals surface area contributed by atoms with Crippen molar-refractivity contribution in [1.82, 2.24) is 10.2 Å². The molecule has 38 heavy (non-hydrogen) atoms. The standard InChI is InChI=1S/C25H25F5N2O5S/c1-38(36,37)16-5-2-4-13(10-16)24(35)32-7-3-6-21(32)23(34)31-22(14-8-15(33)9-14)17-11-20(27)18(12-19(17)26)25(28,29)30/h2,4-5,10-12,14-15,21-22,33H,3,6-9H2,1H3,(H,31,34)/t14-,15-,21-,22-/m1/s1. The number of amides is 2. The van der Waals surface area contributed by atoms with Gasteiger partial charge in [0.05, 0.1) is 22.6 Å². The molecule has 2 aromatic carbocycles. The van der Waals surface area contributed by atoms with Gasteiger partial charge < -0.3 is 15.3 Å². The highest BCUT2D eigenvalue weighted by atomic mass is 32.2. The van der Waals surface area contributed by atoms with Gasteiger partial charge in [-0.1, -0.05) is 6.07 Å². The van der Waals surface area contributed by atoms with E-state index < -0.39 is 74.7 Å². The van der Waals surface area contributed by atoms with Gasteiger partial charge in [0, 0.05) is 23.9 Å². The average molecular weight is 561 g/mol. The average Bonchev–Trinajstić information content (AvgIpc) is 3.30. The lowest BCUT2D eigenvalue weighted by Crippen LogP contribution is -2.49. The lowest BCUT2D eigenvalue weighted by Gasteiger charge is -2.39. The summed E-state index contributed by atoms with van der Waals surface area (Å²) in [6.45, 7) is 0.177. The molecule has 2 aromatic rings. The van der Waals surface area contributed by atoms with Gasteiger partial charge in [-0.3, -0.25) is 9.59 Å². The summed E-state index contributed by atoms with van der Waals surface area (Å²) in [5.74, 6) is -4.95. The van der Waals surface area contributed by atoms with E-state index in [9.17, 15) is 45.1 Å². The minimum atomic E-state index is -5.12. The van der Waals surface area contributed by atoms with E-state index >= 15 is 0 Å². The van der Waals surface area contributed by atoms with E-state index in [4.69, 9.17) is 0 Å². The number of carbonyl (C=O) groups excluding carboxylic acids is 2. The van der Waals surface area contributed by atoms with Crippen LogP contribution in [0.5, 0.6) is 0 Å². The summed E-state index contributed by atoms with van der Waals surface area (Å²) in [4.78, 5) is 27.6. The summed E-state index contributed by atoms with van der Waals surface area (Å²) < 4.78 is 92.0. The number of aliphatic hydroxyl groups excluding tert-OH is 1. The minimum Gasteiger partial charge on any atom is -0.393 e. The van der Waals surface area contributed by atoms with Crippen molar-refractivity contribution in [3.8, 4) is 0 Å². The highest BCUT2D eigenvalue weighted by Crippen LogP contribution is 2.41. The van der Waals surface area contributed by atoms with Gasteiger partial charge in [-0.2, -0.15) is 13.2 Å². The van der Waals surface area contributed by atoms with E-state index in [0.29, 0.717) is 12.5 Å². The first kappa shape index (κ1) is 28.0. The largest absolute Gasteiger partial charge is 0.419 e. The number of alkyl halides is 3.